The van der Waals surface area contributed by atoms with Crippen LogP contribution in [-0.4, -0.2) is 11.9 Å². The zero-order valence-corrected chi connectivity index (χ0v) is 9.80. The van der Waals surface area contributed by atoms with Gasteiger partial charge in [0.25, 0.3) is 0 Å². The van der Waals surface area contributed by atoms with Crippen LogP contribution < -0.4 is 11.5 Å². The fraction of sp³-hybridized carbons (Fsp3) is 0.917. The monoisotopic (exact) mass is 212 g/mol. The summed E-state index contributed by atoms with van der Waals surface area (Å²) in [5.41, 5.74) is 11.2. The summed E-state index contributed by atoms with van der Waals surface area (Å²) in [6.07, 6.45) is 8.16. The van der Waals surface area contributed by atoms with Crippen molar-refractivity contribution in [2.45, 2.75) is 64.3 Å². The van der Waals surface area contributed by atoms with Crippen molar-refractivity contribution in [1.29, 1.82) is 0 Å². The number of carbonyl (C=O) groups is 1. The predicted molar refractivity (Wildman–Crippen MR) is 62.2 cm³/mol. The van der Waals surface area contributed by atoms with Crippen LogP contribution in [0, 0.1) is 5.41 Å². The van der Waals surface area contributed by atoms with Gasteiger partial charge in [-0.05, 0) is 32.1 Å². The molecule has 1 amide bonds. The molecular weight excluding hydrogens is 188 g/mol. The van der Waals surface area contributed by atoms with Crippen molar-refractivity contribution >= 4 is 5.91 Å². The Hall–Kier alpha value is -0.570. The molecular formula is C12H24N2O. The number of nitrogens with two attached hydrogens (primary N) is 2. The van der Waals surface area contributed by atoms with Crippen LogP contribution in [0.3, 0.4) is 0 Å². The van der Waals surface area contributed by atoms with Gasteiger partial charge in [0.1, 0.15) is 0 Å². The van der Waals surface area contributed by atoms with Crippen molar-refractivity contribution < 1.29 is 4.79 Å². The summed E-state index contributed by atoms with van der Waals surface area (Å²) >= 11 is 0. The van der Waals surface area contributed by atoms with Gasteiger partial charge in [-0.3, -0.25) is 4.79 Å². The highest BCUT2D eigenvalue weighted by molar-refractivity contribution is 5.80. The Morgan fingerprint density at radius 3 is 2.40 bits per heavy atom. The topological polar surface area (TPSA) is 69.1 Å². The van der Waals surface area contributed by atoms with Crippen molar-refractivity contribution in [3.05, 3.63) is 0 Å². The number of carbonyl (C=O) groups excluding carboxylic acids is 1. The molecule has 0 atom stereocenters. The molecule has 3 heteroatoms. The lowest BCUT2D eigenvalue weighted by Crippen LogP contribution is -2.43. The quantitative estimate of drug-likeness (QED) is 0.684. The van der Waals surface area contributed by atoms with E-state index in [0.717, 1.165) is 38.5 Å². The highest BCUT2D eigenvalue weighted by Crippen LogP contribution is 2.40. The highest BCUT2D eigenvalue weighted by Gasteiger charge is 2.38. The van der Waals surface area contributed by atoms with Crippen molar-refractivity contribution in [2.75, 3.05) is 0 Å². The minimum absolute atomic E-state index is 0.106. The summed E-state index contributed by atoms with van der Waals surface area (Å²) in [5.74, 6) is -0.106. The number of rotatable bonds is 5. The van der Waals surface area contributed by atoms with E-state index in [-0.39, 0.29) is 17.4 Å². The first-order chi connectivity index (χ1) is 7.10. The Balaban J connectivity index is 2.51. The van der Waals surface area contributed by atoms with Crippen LogP contribution in [0.1, 0.15) is 58.3 Å². The number of unbranched alkanes of at least 4 members (excludes halogenated alkanes) is 2. The van der Waals surface area contributed by atoms with E-state index in [9.17, 15) is 4.79 Å². The summed E-state index contributed by atoms with van der Waals surface area (Å²) < 4.78 is 0. The molecule has 0 bridgehead atoms. The summed E-state index contributed by atoms with van der Waals surface area (Å²) in [7, 11) is 0. The maximum absolute atomic E-state index is 11.6. The largest absolute Gasteiger partial charge is 0.369 e. The first-order valence-corrected chi connectivity index (χ1v) is 6.16. The molecule has 15 heavy (non-hydrogen) atoms. The second-order valence-corrected chi connectivity index (χ2v) is 4.94. The minimum atomic E-state index is -0.231. The molecule has 1 fully saturated rings. The Kier molecular flexibility index (Phi) is 4.58. The fourth-order valence-electron chi connectivity index (χ4n) is 2.53. The molecule has 0 heterocycles. The molecule has 0 aromatic rings. The lowest BCUT2D eigenvalue weighted by Gasteiger charge is -2.36. The first kappa shape index (κ1) is 12.5. The highest BCUT2D eigenvalue weighted by atomic mass is 16.1. The van der Waals surface area contributed by atoms with Gasteiger partial charge in [0.15, 0.2) is 0 Å². The van der Waals surface area contributed by atoms with Crippen LogP contribution in [0.2, 0.25) is 0 Å². The fourth-order valence-corrected chi connectivity index (χ4v) is 2.53. The third-order valence-electron chi connectivity index (χ3n) is 3.77. The van der Waals surface area contributed by atoms with E-state index >= 15 is 0 Å². The minimum Gasteiger partial charge on any atom is -0.369 e. The Morgan fingerprint density at radius 1 is 1.33 bits per heavy atom. The third kappa shape index (κ3) is 3.20. The lowest BCUT2D eigenvalue weighted by atomic mass is 9.69. The van der Waals surface area contributed by atoms with Crippen LogP contribution in [0.25, 0.3) is 0 Å². The van der Waals surface area contributed by atoms with Gasteiger partial charge < -0.3 is 11.5 Å². The molecule has 88 valence electrons. The molecule has 0 radical (unpaired) electrons. The van der Waals surface area contributed by atoms with Crippen LogP contribution in [0.4, 0.5) is 0 Å². The van der Waals surface area contributed by atoms with Crippen molar-refractivity contribution in [1.82, 2.24) is 0 Å². The molecule has 1 saturated carbocycles. The molecule has 0 unspecified atom stereocenters. The van der Waals surface area contributed by atoms with Crippen LogP contribution >= 0.6 is 0 Å². The first-order valence-electron chi connectivity index (χ1n) is 6.16. The summed E-state index contributed by atoms with van der Waals surface area (Å²) in [5, 5.41) is 0. The average Bonchev–Trinajstić information content (AvgIpc) is 2.21. The zero-order chi connectivity index (χ0) is 11.3. The molecule has 0 aromatic heterocycles. The van der Waals surface area contributed by atoms with Gasteiger partial charge in [-0.25, -0.2) is 0 Å². The van der Waals surface area contributed by atoms with Crippen molar-refractivity contribution in [3.63, 3.8) is 0 Å². The number of hydrogen-bond acceptors (Lipinski definition) is 2. The molecule has 0 aromatic carbocycles. The molecule has 0 spiro atoms. The van der Waals surface area contributed by atoms with E-state index in [1.807, 2.05) is 0 Å². The van der Waals surface area contributed by atoms with E-state index in [1.165, 1.54) is 12.8 Å². The van der Waals surface area contributed by atoms with Crippen LogP contribution in [0.15, 0.2) is 0 Å². The Labute approximate surface area is 92.6 Å². The molecule has 4 N–H and O–H groups in total. The molecule has 1 rings (SSSR count). The summed E-state index contributed by atoms with van der Waals surface area (Å²) in [6.45, 7) is 2.17. The second kappa shape index (κ2) is 5.50. The molecule has 1 aliphatic rings. The summed E-state index contributed by atoms with van der Waals surface area (Å²) in [4.78, 5) is 11.6. The standard InChI is InChI=1S/C12H24N2O/c1-2-3-4-7-12(11(14)15)8-5-10(13)6-9-12/h10H,2-9,13H2,1H3,(H2,14,15). The van der Waals surface area contributed by atoms with E-state index in [0.29, 0.717) is 0 Å². The molecule has 3 nitrogen and oxygen atoms in total. The smallest absolute Gasteiger partial charge is 0.223 e. The Morgan fingerprint density at radius 2 is 1.93 bits per heavy atom. The van der Waals surface area contributed by atoms with Crippen LogP contribution in [-0.2, 0) is 4.79 Å². The van der Waals surface area contributed by atoms with Gasteiger partial charge in [0, 0.05) is 11.5 Å². The van der Waals surface area contributed by atoms with Crippen molar-refractivity contribution in [3.8, 4) is 0 Å². The van der Waals surface area contributed by atoms with Gasteiger partial charge in [0.2, 0.25) is 5.91 Å². The van der Waals surface area contributed by atoms with Gasteiger partial charge in [0.05, 0.1) is 0 Å². The van der Waals surface area contributed by atoms with Gasteiger partial charge in [-0.15, -0.1) is 0 Å². The van der Waals surface area contributed by atoms with Crippen molar-refractivity contribution in [2.24, 2.45) is 16.9 Å². The van der Waals surface area contributed by atoms with E-state index < -0.39 is 0 Å². The average molecular weight is 212 g/mol. The SMILES string of the molecule is CCCCCC1(C(N)=O)CCC(N)CC1. The van der Waals surface area contributed by atoms with E-state index in [4.69, 9.17) is 11.5 Å². The van der Waals surface area contributed by atoms with Gasteiger partial charge >= 0.3 is 0 Å². The number of primary amides is 1. The van der Waals surface area contributed by atoms with E-state index in [2.05, 4.69) is 6.92 Å². The van der Waals surface area contributed by atoms with Gasteiger partial charge in [-0.2, -0.15) is 0 Å². The number of hydrogen-bond donors (Lipinski definition) is 2. The van der Waals surface area contributed by atoms with E-state index in [1.54, 1.807) is 0 Å². The third-order valence-corrected chi connectivity index (χ3v) is 3.77. The summed E-state index contributed by atoms with van der Waals surface area (Å²) in [6, 6.07) is 0.281. The molecule has 0 saturated heterocycles. The normalized spacial score (nSPS) is 31.5. The maximum atomic E-state index is 11.6. The lowest BCUT2D eigenvalue weighted by molar-refractivity contribution is -0.130. The predicted octanol–water partition coefficient (Wildman–Crippen LogP) is 1.94. The number of amides is 1. The molecule has 1 aliphatic carbocycles. The maximum Gasteiger partial charge on any atom is 0.223 e. The van der Waals surface area contributed by atoms with Gasteiger partial charge in [-0.1, -0.05) is 26.2 Å². The zero-order valence-electron chi connectivity index (χ0n) is 9.80. The molecule has 0 aliphatic heterocycles. The Bertz CT molecular complexity index is 208. The van der Waals surface area contributed by atoms with Crippen LogP contribution in [0.5, 0.6) is 0 Å². The second-order valence-electron chi connectivity index (χ2n) is 4.94.